The molecule has 0 unspecified atom stereocenters. The van der Waals surface area contributed by atoms with E-state index in [4.69, 9.17) is 14.7 Å². The highest BCUT2D eigenvalue weighted by atomic mass is 16.5. The maximum Gasteiger partial charge on any atom is 0.354 e. The van der Waals surface area contributed by atoms with Crippen molar-refractivity contribution in [3.05, 3.63) is 47.4 Å². The van der Waals surface area contributed by atoms with Crippen LogP contribution in [0.15, 0.2) is 41.8 Å². The van der Waals surface area contributed by atoms with Gasteiger partial charge in [0.05, 0.1) is 19.3 Å². The average Bonchev–Trinajstić information content (AvgIpc) is 2.93. The molecular weight excluding hydrogens is 272 g/mol. The Hall–Kier alpha value is -2.52. The lowest BCUT2D eigenvalue weighted by molar-refractivity contribution is -0.138. The second-order valence-corrected chi connectivity index (χ2v) is 4.42. The first-order chi connectivity index (χ1) is 10.2. The van der Waals surface area contributed by atoms with Gasteiger partial charge >= 0.3 is 5.97 Å². The zero-order valence-electron chi connectivity index (χ0n) is 11.6. The van der Waals surface area contributed by atoms with Gasteiger partial charge in [0, 0.05) is 0 Å². The largest absolute Gasteiger partial charge is 0.468 e. The molecule has 2 atom stereocenters. The smallest absolute Gasteiger partial charge is 0.354 e. The lowest BCUT2D eigenvalue weighted by Gasteiger charge is -2.15. The van der Waals surface area contributed by atoms with E-state index in [0.29, 0.717) is 0 Å². The predicted molar refractivity (Wildman–Crippen MR) is 73.5 cm³/mol. The van der Waals surface area contributed by atoms with Crippen molar-refractivity contribution in [3.63, 3.8) is 0 Å². The minimum Gasteiger partial charge on any atom is -0.468 e. The molecule has 110 valence electrons. The molecule has 0 saturated carbocycles. The number of esters is 1. The average molecular weight is 288 g/mol. The van der Waals surface area contributed by atoms with Crippen molar-refractivity contribution < 1.29 is 19.4 Å². The molecule has 2 N–H and O–H groups in total. The van der Waals surface area contributed by atoms with E-state index in [1.807, 2.05) is 30.3 Å². The molecular formula is C15H16N2O4. The summed E-state index contributed by atoms with van der Waals surface area (Å²) in [5.74, 6) is -0.697. The summed E-state index contributed by atoms with van der Waals surface area (Å²) in [6.45, 7) is 1.64. The van der Waals surface area contributed by atoms with Gasteiger partial charge in [-0.05, 0) is 12.5 Å². The highest BCUT2D eigenvalue weighted by Gasteiger charge is 2.35. The van der Waals surface area contributed by atoms with E-state index >= 15 is 0 Å². The van der Waals surface area contributed by atoms with Gasteiger partial charge in [0.1, 0.15) is 12.2 Å². The summed E-state index contributed by atoms with van der Waals surface area (Å²) in [6, 6.07) is 10.6. The van der Waals surface area contributed by atoms with E-state index in [1.165, 1.54) is 0 Å². The van der Waals surface area contributed by atoms with Crippen molar-refractivity contribution in [2.75, 3.05) is 13.2 Å². The molecule has 0 bridgehead atoms. The Morgan fingerprint density at radius 2 is 2.19 bits per heavy atom. The zero-order valence-corrected chi connectivity index (χ0v) is 11.6. The number of nitrogens with one attached hydrogen (secondary N) is 1. The number of aliphatic hydroxyl groups is 1. The summed E-state index contributed by atoms with van der Waals surface area (Å²) >= 11 is 0. The first-order valence-electron chi connectivity index (χ1n) is 6.61. The molecule has 0 amide bonds. The van der Waals surface area contributed by atoms with E-state index in [1.54, 1.807) is 13.0 Å². The van der Waals surface area contributed by atoms with Crippen LogP contribution in [0.5, 0.6) is 0 Å². The molecule has 6 heteroatoms. The highest BCUT2D eigenvalue weighted by Crippen LogP contribution is 2.31. The Balaban J connectivity index is 2.29. The van der Waals surface area contributed by atoms with Gasteiger partial charge in [-0.3, -0.25) is 0 Å². The molecule has 1 aliphatic rings. The van der Waals surface area contributed by atoms with Gasteiger partial charge in [-0.25, -0.2) is 4.79 Å². The maximum absolute atomic E-state index is 11.7. The standard InChI is InChI=1S/C15H16N2O4/c1-2-20-15(19)11(8-16)14-17-12(9-18)13(21-14)10-6-4-3-5-7-10/h3-7,12-13,17-18H,2,9H2,1H3/b14-11+/t12-,13-/m0/s1. The van der Waals surface area contributed by atoms with Crippen molar-refractivity contribution in [2.45, 2.75) is 19.1 Å². The first kappa shape index (κ1) is 14.9. The van der Waals surface area contributed by atoms with Crippen LogP contribution in [0.4, 0.5) is 0 Å². The number of carbonyl (C=O) groups is 1. The van der Waals surface area contributed by atoms with Crippen LogP contribution in [0, 0.1) is 11.3 Å². The normalized spacial score (nSPS) is 22.7. The third-order valence-electron chi connectivity index (χ3n) is 3.07. The van der Waals surface area contributed by atoms with E-state index < -0.39 is 18.1 Å². The van der Waals surface area contributed by atoms with Crippen LogP contribution in [0.25, 0.3) is 0 Å². The second-order valence-electron chi connectivity index (χ2n) is 4.42. The number of carbonyl (C=O) groups excluding carboxylic acids is 1. The second kappa shape index (κ2) is 6.77. The van der Waals surface area contributed by atoms with Crippen molar-refractivity contribution >= 4 is 5.97 Å². The topological polar surface area (TPSA) is 91.6 Å². The first-order valence-corrected chi connectivity index (χ1v) is 6.61. The van der Waals surface area contributed by atoms with Crippen LogP contribution in [-0.4, -0.2) is 30.3 Å². The maximum atomic E-state index is 11.7. The van der Waals surface area contributed by atoms with Gasteiger partial charge in [0.25, 0.3) is 0 Å². The fraction of sp³-hybridized carbons (Fsp3) is 0.333. The minimum atomic E-state index is -0.743. The molecule has 1 saturated heterocycles. The molecule has 0 spiro atoms. The number of aliphatic hydroxyl groups excluding tert-OH is 1. The number of rotatable bonds is 4. The number of benzene rings is 1. The van der Waals surface area contributed by atoms with E-state index in [-0.39, 0.29) is 24.7 Å². The molecule has 2 rings (SSSR count). The Morgan fingerprint density at radius 3 is 2.76 bits per heavy atom. The molecule has 21 heavy (non-hydrogen) atoms. The van der Waals surface area contributed by atoms with E-state index in [2.05, 4.69) is 5.32 Å². The minimum absolute atomic E-state index is 0.0452. The van der Waals surface area contributed by atoms with Gasteiger partial charge in [0.2, 0.25) is 5.88 Å². The number of hydrogen-bond donors (Lipinski definition) is 2. The van der Waals surface area contributed by atoms with Crippen LogP contribution >= 0.6 is 0 Å². The van der Waals surface area contributed by atoms with Gasteiger partial charge < -0.3 is 19.9 Å². The number of nitriles is 1. The fourth-order valence-electron chi connectivity index (χ4n) is 2.10. The molecule has 1 aliphatic heterocycles. The SMILES string of the molecule is CCOC(=O)/C(C#N)=C1\N[C@@H](CO)[C@H](c2ccccc2)O1. The Bertz CT molecular complexity index is 577. The quantitative estimate of drug-likeness (QED) is 0.488. The Labute approximate surface area is 122 Å². The lowest BCUT2D eigenvalue weighted by atomic mass is 10.0. The Morgan fingerprint density at radius 1 is 1.48 bits per heavy atom. The van der Waals surface area contributed by atoms with Crippen molar-refractivity contribution in [1.29, 1.82) is 5.26 Å². The van der Waals surface area contributed by atoms with Crippen LogP contribution in [0.3, 0.4) is 0 Å². The molecule has 1 aromatic carbocycles. The lowest BCUT2D eigenvalue weighted by Crippen LogP contribution is -2.29. The molecule has 0 aliphatic carbocycles. The van der Waals surface area contributed by atoms with Gasteiger partial charge in [-0.15, -0.1) is 0 Å². The van der Waals surface area contributed by atoms with E-state index in [9.17, 15) is 9.90 Å². The van der Waals surface area contributed by atoms with Gasteiger partial charge in [-0.2, -0.15) is 5.26 Å². The van der Waals surface area contributed by atoms with Gasteiger partial charge in [0.15, 0.2) is 5.57 Å². The van der Waals surface area contributed by atoms with Crippen LogP contribution < -0.4 is 5.32 Å². The van der Waals surface area contributed by atoms with Crippen LogP contribution in [0.2, 0.25) is 0 Å². The van der Waals surface area contributed by atoms with Gasteiger partial charge in [-0.1, -0.05) is 30.3 Å². The molecule has 6 nitrogen and oxygen atoms in total. The molecule has 1 fully saturated rings. The number of nitrogens with zero attached hydrogens (tertiary/aromatic N) is 1. The van der Waals surface area contributed by atoms with Crippen LogP contribution in [0.1, 0.15) is 18.6 Å². The highest BCUT2D eigenvalue weighted by molar-refractivity contribution is 5.93. The molecule has 0 aromatic heterocycles. The summed E-state index contributed by atoms with van der Waals surface area (Å²) in [7, 11) is 0. The summed E-state index contributed by atoms with van der Waals surface area (Å²) in [5.41, 5.74) is 0.619. The predicted octanol–water partition coefficient (Wildman–Crippen LogP) is 1.01. The van der Waals surface area contributed by atoms with Crippen LogP contribution in [-0.2, 0) is 14.3 Å². The third kappa shape index (κ3) is 3.15. The van der Waals surface area contributed by atoms with E-state index in [0.717, 1.165) is 5.56 Å². The third-order valence-corrected chi connectivity index (χ3v) is 3.07. The summed E-state index contributed by atoms with van der Waals surface area (Å²) in [6.07, 6.45) is -0.469. The number of ether oxygens (including phenoxy) is 2. The summed E-state index contributed by atoms with van der Waals surface area (Å²) in [5, 5.41) is 21.4. The fourth-order valence-corrected chi connectivity index (χ4v) is 2.10. The van der Waals surface area contributed by atoms with Crippen molar-refractivity contribution in [1.82, 2.24) is 5.32 Å². The van der Waals surface area contributed by atoms with Crippen molar-refractivity contribution in [3.8, 4) is 6.07 Å². The molecule has 0 radical (unpaired) electrons. The zero-order chi connectivity index (χ0) is 15.2. The summed E-state index contributed by atoms with van der Waals surface area (Å²) < 4.78 is 10.5. The summed E-state index contributed by atoms with van der Waals surface area (Å²) in [4.78, 5) is 11.7. The monoisotopic (exact) mass is 288 g/mol. The number of hydrogen-bond acceptors (Lipinski definition) is 6. The Kier molecular flexibility index (Phi) is 4.80. The van der Waals surface area contributed by atoms with Crippen molar-refractivity contribution in [2.24, 2.45) is 0 Å². The molecule has 1 heterocycles. The molecule has 1 aromatic rings.